The number of hydrogen-bond donors (Lipinski definition) is 2. The van der Waals surface area contributed by atoms with E-state index < -0.39 is 17.8 Å². The van der Waals surface area contributed by atoms with Gasteiger partial charge in [0.15, 0.2) is 11.4 Å². The van der Waals surface area contributed by atoms with Crippen molar-refractivity contribution in [3.8, 4) is 11.6 Å². The Morgan fingerprint density at radius 3 is 2.61 bits per heavy atom. The predicted molar refractivity (Wildman–Crippen MR) is 94.8 cm³/mol. The average Bonchev–Trinajstić information content (AvgIpc) is 3.30. The zero-order chi connectivity index (χ0) is 19.7. The molecule has 0 saturated carbocycles. The fourth-order valence-electron chi connectivity index (χ4n) is 2.53. The van der Waals surface area contributed by atoms with Crippen molar-refractivity contribution in [2.45, 2.75) is 6.18 Å². The number of urea groups is 1. The van der Waals surface area contributed by atoms with E-state index in [4.69, 9.17) is 4.42 Å². The second kappa shape index (κ2) is 6.72. The van der Waals surface area contributed by atoms with Crippen molar-refractivity contribution in [3.63, 3.8) is 0 Å². The number of benzene rings is 1. The average molecular weight is 387 g/mol. The third-order valence-electron chi connectivity index (χ3n) is 3.78. The molecule has 4 rings (SSSR count). The molecule has 28 heavy (non-hydrogen) atoms. The van der Waals surface area contributed by atoms with Crippen LogP contribution in [0.1, 0.15) is 5.56 Å². The molecule has 2 N–H and O–H groups in total. The van der Waals surface area contributed by atoms with Gasteiger partial charge in [-0.2, -0.15) is 13.2 Å². The number of amides is 2. The number of fused-ring (bicyclic) bond motifs is 1. The maximum atomic E-state index is 12.8. The first-order valence-corrected chi connectivity index (χ1v) is 8.04. The summed E-state index contributed by atoms with van der Waals surface area (Å²) in [6, 6.07) is 10.4. The van der Waals surface area contributed by atoms with E-state index >= 15 is 0 Å². The van der Waals surface area contributed by atoms with Gasteiger partial charge in [0, 0.05) is 5.69 Å². The minimum atomic E-state index is -4.49. The molecule has 2 amide bonds. The van der Waals surface area contributed by atoms with Crippen molar-refractivity contribution in [2.24, 2.45) is 0 Å². The Kier molecular flexibility index (Phi) is 4.22. The van der Waals surface area contributed by atoms with E-state index in [2.05, 4.69) is 20.7 Å². The zero-order valence-corrected chi connectivity index (χ0v) is 14.1. The first-order chi connectivity index (χ1) is 13.4. The van der Waals surface area contributed by atoms with Crippen LogP contribution >= 0.6 is 0 Å². The molecule has 0 aliphatic rings. The lowest BCUT2D eigenvalue weighted by atomic mass is 10.2. The number of carbonyl (C=O) groups excluding carboxylic acids is 1. The minimum Gasteiger partial charge on any atom is -0.461 e. The van der Waals surface area contributed by atoms with Crippen molar-refractivity contribution in [1.29, 1.82) is 0 Å². The van der Waals surface area contributed by atoms with Gasteiger partial charge in [0.1, 0.15) is 0 Å². The third-order valence-corrected chi connectivity index (χ3v) is 3.78. The number of nitrogens with one attached hydrogen (secondary N) is 2. The van der Waals surface area contributed by atoms with Gasteiger partial charge in [-0.3, -0.25) is 0 Å². The van der Waals surface area contributed by atoms with Crippen LogP contribution in [0.4, 0.5) is 29.3 Å². The number of nitrogens with zero attached hydrogens (tertiary/aromatic N) is 3. The lowest BCUT2D eigenvalue weighted by Crippen LogP contribution is -2.20. The van der Waals surface area contributed by atoms with Gasteiger partial charge < -0.3 is 15.1 Å². The van der Waals surface area contributed by atoms with Crippen LogP contribution in [0.3, 0.4) is 0 Å². The minimum absolute atomic E-state index is 0.0225. The highest BCUT2D eigenvalue weighted by atomic mass is 19.4. The van der Waals surface area contributed by atoms with Crippen LogP contribution in [0, 0.1) is 0 Å². The van der Waals surface area contributed by atoms with E-state index in [1.807, 2.05) is 0 Å². The summed E-state index contributed by atoms with van der Waals surface area (Å²) in [7, 11) is 0. The number of halogens is 3. The van der Waals surface area contributed by atoms with E-state index in [-0.39, 0.29) is 5.69 Å². The van der Waals surface area contributed by atoms with Crippen LogP contribution in [0.15, 0.2) is 65.4 Å². The van der Waals surface area contributed by atoms with Crippen LogP contribution in [-0.2, 0) is 6.18 Å². The lowest BCUT2D eigenvalue weighted by Gasteiger charge is -2.10. The fraction of sp³-hybridized carbons (Fsp3) is 0.0556. The molecule has 0 atom stereocenters. The maximum Gasteiger partial charge on any atom is 0.416 e. The summed E-state index contributed by atoms with van der Waals surface area (Å²) in [6.07, 6.45) is -1.45. The van der Waals surface area contributed by atoms with Gasteiger partial charge in [-0.05, 0) is 42.5 Å². The molecule has 0 aliphatic carbocycles. The number of rotatable bonds is 3. The first kappa shape index (κ1) is 17.6. The molecule has 4 aromatic rings. The van der Waals surface area contributed by atoms with Gasteiger partial charge >= 0.3 is 12.2 Å². The number of alkyl halides is 3. The molecule has 0 aliphatic heterocycles. The van der Waals surface area contributed by atoms with Crippen molar-refractivity contribution < 1.29 is 22.4 Å². The summed E-state index contributed by atoms with van der Waals surface area (Å²) in [5, 5.41) is 9.17. The molecule has 3 aromatic heterocycles. The molecule has 0 bridgehead atoms. The van der Waals surface area contributed by atoms with Crippen molar-refractivity contribution in [3.05, 3.63) is 66.6 Å². The molecular weight excluding hydrogens is 375 g/mol. The summed E-state index contributed by atoms with van der Waals surface area (Å²) in [5.74, 6) is 0.885. The quantitative estimate of drug-likeness (QED) is 0.536. The molecule has 0 unspecified atom stereocenters. The fourth-order valence-corrected chi connectivity index (χ4v) is 2.53. The van der Waals surface area contributed by atoms with Gasteiger partial charge in [-0.25, -0.2) is 14.3 Å². The molecule has 10 heteroatoms. The lowest BCUT2D eigenvalue weighted by molar-refractivity contribution is -0.137. The molecule has 7 nitrogen and oxygen atoms in total. The zero-order valence-electron chi connectivity index (χ0n) is 14.1. The van der Waals surface area contributed by atoms with E-state index in [0.717, 1.165) is 12.1 Å². The highest BCUT2D eigenvalue weighted by Crippen LogP contribution is 2.30. The molecule has 3 heterocycles. The second-order valence-electron chi connectivity index (χ2n) is 5.79. The Balaban J connectivity index is 1.49. The van der Waals surface area contributed by atoms with Crippen molar-refractivity contribution in [1.82, 2.24) is 14.6 Å². The van der Waals surface area contributed by atoms with Crippen molar-refractivity contribution in [2.75, 3.05) is 10.6 Å². The standard InChI is InChI=1S/C18H12F3N5O2/c19-18(20,21)11-3-1-4-12(9-11)22-17(27)23-13-6-7-15-24-16(25-26(15)10-13)14-5-2-8-28-14/h1-10H,(H2,22,23,27). The number of furan rings is 1. The Bertz CT molecular complexity index is 1140. The number of anilines is 2. The molecule has 142 valence electrons. The predicted octanol–water partition coefficient (Wildman–Crippen LogP) is 4.65. The third kappa shape index (κ3) is 3.65. The van der Waals surface area contributed by atoms with Gasteiger partial charge in [0.05, 0.1) is 23.7 Å². The smallest absolute Gasteiger partial charge is 0.416 e. The molecule has 0 spiro atoms. The number of pyridine rings is 1. The first-order valence-electron chi connectivity index (χ1n) is 8.04. The molecule has 0 fully saturated rings. The van der Waals surface area contributed by atoms with E-state index in [9.17, 15) is 18.0 Å². The second-order valence-corrected chi connectivity index (χ2v) is 5.79. The van der Waals surface area contributed by atoms with Crippen LogP contribution in [-0.4, -0.2) is 20.6 Å². The summed E-state index contributed by atoms with van der Waals surface area (Å²) in [4.78, 5) is 16.4. The topological polar surface area (TPSA) is 84.5 Å². The van der Waals surface area contributed by atoms with Crippen LogP contribution in [0.2, 0.25) is 0 Å². The summed E-state index contributed by atoms with van der Waals surface area (Å²) >= 11 is 0. The summed E-state index contributed by atoms with van der Waals surface area (Å²) < 4.78 is 45.0. The van der Waals surface area contributed by atoms with Crippen molar-refractivity contribution >= 4 is 23.1 Å². The molecule has 1 aromatic carbocycles. The number of aromatic nitrogens is 3. The normalized spacial score (nSPS) is 11.5. The van der Waals surface area contributed by atoms with Gasteiger partial charge in [0.2, 0.25) is 5.82 Å². The van der Waals surface area contributed by atoms with Crippen LogP contribution in [0.5, 0.6) is 0 Å². The van der Waals surface area contributed by atoms with Gasteiger partial charge in [0.25, 0.3) is 0 Å². The van der Waals surface area contributed by atoms with Gasteiger partial charge in [-0.1, -0.05) is 6.07 Å². The SMILES string of the molecule is O=C(Nc1cccc(C(F)(F)F)c1)Nc1ccc2nc(-c3ccco3)nn2c1. The van der Waals surface area contributed by atoms with E-state index in [1.54, 1.807) is 24.3 Å². The van der Waals surface area contributed by atoms with Crippen LogP contribution < -0.4 is 10.6 Å². The largest absolute Gasteiger partial charge is 0.461 e. The highest BCUT2D eigenvalue weighted by molar-refractivity contribution is 5.99. The van der Waals surface area contributed by atoms with Crippen LogP contribution in [0.25, 0.3) is 17.2 Å². The summed E-state index contributed by atoms with van der Waals surface area (Å²) in [6.45, 7) is 0. The molecule has 0 saturated heterocycles. The molecular formula is C18H12F3N5O2. The Hall–Kier alpha value is -3.82. The Morgan fingerprint density at radius 1 is 1.04 bits per heavy atom. The van der Waals surface area contributed by atoms with Gasteiger partial charge in [-0.15, -0.1) is 5.10 Å². The Labute approximate surface area is 155 Å². The number of hydrogen-bond acceptors (Lipinski definition) is 4. The Morgan fingerprint density at radius 2 is 1.86 bits per heavy atom. The maximum absolute atomic E-state index is 12.8. The monoisotopic (exact) mass is 387 g/mol. The van der Waals surface area contributed by atoms with E-state index in [0.29, 0.717) is 22.9 Å². The van der Waals surface area contributed by atoms with E-state index in [1.165, 1.54) is 29.1 Å². The number of carbonyl (C=O) groups is 1. The highest BCUT2D eigenvalue weighted by Gasteiger charge is 2.30. The molecule has 0 radical (unpaired) electrons. The summed E-state index contributed by atoms with van der Waals surface area (Å²) in [5.41, 5.74) is 0.0946.